The fourth-order valence-electron chi connectivity index (χ4n) is 3.81. The van der Waals surface area contributed by atoms with E-state index >= 15 is 0 Å². The van der Waals surface area contributed by atoms with Crippen molar-refractivity contribution in [2.45, 2.75) is 56.0 Å². The summed E-state index contributed by atoms with van der Waals surface area (Å²) in [4.78, 5) is 36.5. The van der Waals surface area contributed by atoms with E-state index in [4.69, 9.17) is 0 Å². The summed E-state index contributed by atoms with van der Waals surface area (Å²) in [5.41, 5.74) is 0.886. The predicted octanol–water partition coefficient (Wildman–Crippen LogP) is 1.11. The smallest absolute Gasteiger partial charge is 0.308 e. The Morgan fingerprint density at radius 1 is 1.20 bits per heavy atom. The topological polar surface area (TPSA) is 133 Å². The Morgan fingerprint density at radius 2 is 1.87 bits per heavy atom. The van der Waals surface area contributed by atoms with Gasteiger partial charge < -0.3 is 15.7 Å². The van der Waals surface area contributed by atoms with E-state index in [9.17, 15) is 27.9 Å². The molecule has 2 amide bonds. The van der Waals surface area contributed by atoms with Gasteiger partial charge in [0, 0.05) is 18.4 Å². The molecule has 0 spiro atoms. The molecule has 1 aromatic rings. The lowest BCUT2D eigenvalue weighted by Crippen LogP contribution is -2.52. The van der Waals surface area contributed by atoms with Gasteiger partial charge in [-0.2, -0.15) is 0 Å². The van der Waals surface area contributed by atoms with E-state index in [2.05, 4.69) is 10.6 Å². The Balaban J connectivity index is 1.78. The van der Waals surface area contributed by atoms with E-state index < -0.39 is 52.2 Å². The normalized spacial score (nSPS) is 24.2. The molecule has 3 atom stereocenters. The highest BCUT2D eigenvalue weighted by Gasteiger charge is 2.38. The highest BCUT2D eigenvalue weighted by Crippen LogP contribution is 2.26. The Kier molecular flexibility index (Phi) is 6.45. The molecule has 0 aromatic heterocycles. The highest BCUT2D eigenvalue weighted by atomic mass is 32.2. The molecule has 3 rings (SSSR count). The summed E-state index contributed by atoms with van der Waals surface area (Å²) < 4.78 is 27.0. The number of carbonyl (C=O) groups excluding carboxylic acids is 2. The van der Waals surface area contributed by atoms with Gasteiger partial charge in [0.1, 0.15) is 6.04 Å². The molecule has 0 saturated heterocycles. The molecule has 162 valence electrons. The van der Waals surface area contributed by atoms with Crippen molar-refractivity contribution in [2.75, 3.05) is 0 Å². The van der Waals surface area contributed by atoms with Crippen LogP contribution in [0, 0.1) is 12.8 Å². The third kappa shape index (κ3) is 4.64. The molecule has 0 unspecified atom stereocenters. The summed E-state index contributed by atoms with van der Waals surface area (Å²) in [6, 6.07) is 4.39. The number of benzene rings is 1. The molecule has 0 bridgehead atoms. The maximum absolute atomic E-state index is 13.1. The van der Waals surface area contributed by atoms with Crippen LogP contribution in [0.2, 0.25) is 0 Å². The van der Waals surface area contributed by atoms with Gasteiger partial charge in [0.2, 0.25) is 11.8 Å². The van der Waals surface area contributed by atoms with Crippen LogP contribution in [0.1, 0.15) is 37.7 Å². The third-order valence-corrected chi connectivity index (χ3v) is 7.26. The van der Waals surface area contributed by atoms with Crippen molar-refractivity contribution in [3.8, 4) is 0 Å². The zero-order chi connectivity index (χ0) is 21.9. The first-order valence-corrected chi connectivity index (χ1v) is 11.2. The average molecular weight is 436 g/mol. The summed E-state index contributed by atoms with van der Waals surface area (Å²) in [6.07, 6.45) is 4.60. The molecular weight excluding hydrogens is 410 g/mol. The maximum atomic E-state index is 13.1. The van der Waals surface area contributed by atoms with Crippen LogP contribution in [0.5, 0.6) is 0 Å². The third-order valence-electron chi connectivity index (χ3n) is 5.46. The number of nitrogens with one attached hydrogen (secondary N) is 2. The average Bonchev–Trinajstić information content (AvgIpc) is 2.70. The Labute approximate surface area is 175 Å². The number of rotatable bonds is 6. The fourth-order valence-corrected chi connectivity index (χ4v) is 5.26. The van der Waals surface area contributed by atoms with Crippen molar-refractivity contribution in [3.63, 3.8) is 0 Å². The largest absolute Gasteiger partial charge is 0.481 e. The van der Waals surface area contributed by atoms with Crippen LogP contribution in [-0.2, 0) is 24.4 Å². The Morgan fingerprint density at radius 3 is 2.53 bits per heavy atom. The lowest BCUT2D eigenvalue weighted by molar-refractivity contribution is -0.144. The van der Waals surface area contributed by atoms with E-state index in [-0.39, 0.29) is 4.90 Å². The molecule has 9 nitrogen and oxygen atoms in total. The van der Waals surface area contributed by atoms with Gasteiger partial charge >= 0.3 is 5.97 Å². The lowest BCUT2D eigenvalue weighted by atomic mass is 9.84. The molecule has 10 heteroatoms. The van der Waals surface area contributed by atoms with E-state index in [1.54, 1.807) is 12.1 Å². The Hall–Kier alpha value is -2.88. The number of carbonyl (C=O) groups is 3. The minimum atomic E-state index is -4.05. The zero-order valence-corrected chi connectivity index (χ0v) is 17.4. The number of carboxylic acids is 1. The van der Waals surface area contributed by atoms with E-state index in [1.807, 2.05) is 6.92 Å². The summed E-state index contributed by atoms with van der Waals surface area (Å²) in [5.74, 6) is -2.84. The quantitative estimate of drug-likeness (QED) is 0.613. The highest BCUT2D eigenvalue weighted by molar-refractivity contribution is 7.89. The number of sulfonamides is 1. The monoisotopic (exact) mass is 435 g/mol. The van der Waals surface area contributed by atoms with Crippen LogP contribution in [0.3, 0.4) is 0 Å². The second kappa shape index (κ2) is 8.86. The number of amides is 2. The second-order valence-electron chi connectivity index (χ2n) is 7.60. The fraction of sp³-hybridized carbons (Fsp3) is 0.450. The van der Waals surface area contributed by atoms with Crippen molar-refractivity contribution in [3.05, 3.63) is 42.2 Å². The lowest BCUT2D eigenvalue weighted by Gasteiger charge is -2.33. The number of hydrogen-bond donors (Lipinski definition) is 3. The summed E-state index contributed by atoms with van der Waals surface area (Å²) >= 11 is 0. The van der Waals surface area contributed by atoms with Crippen molar-refractivity contribution in [1.29, 1.82) is 0 Å². The van der Waals surface area contributed by atoms with Gasteiger partial charge in [-0.1, -0.05) is 30.5 Å². The number of carboxylic acid groups (broad SMARTS) is 1. The molecule has 1 fully saturated rings. The van der Waals surface area contributed by atoms with Gasteiger partial charge in [-0.05, 0) is 31.9 Å². The van der Waals surface area contributed by atoms with Gasteiger partial charge in [0.25, 0.3) is 10.0 Å². The maximum Gasteiger partial charge on any atom is 0.308 e. The first-order valence-electron chi connectivity index (χ1n) is 9.79. The van der Waals surface area contributed by atoms with Crippen LogP contribution in [0.4, 0.5) is 0 Å². The molecule has 2 aliphatic rings. The molecule has 1 saturated carbocycles. The van der Waals surface area contributed by atoms with Gasteiger partial charge in [-0.3, -0.25) is 18.7 Å². The first kappa shape index (κ1) is 21.8. The van der Waals surface area contributed by atoms with Crippen molar-refractivity contribution in [1.82, 2.24) is 14.9 Å². The molecule has 1 aliphatic carbocycles. The van der Waals surface area contributed by atoms with E-state index in [0.717, 1.165) is 22.7 Å². The number of nitrogens with zero attached hydrogens (tertiary/aromatic N) is 1. The van der Waals surface area contributed by atoms with Crippen LogP contribution in [-0.4, -0.2) is 47.7 Å². The molecule has 1 heterocycles. The van der Waals surface area contributed by atoms with Gasteiger partial charge in [0.15, 0.2) is 0 Å². The van der Waals surface area contributed by atoms with Gasteiger partial charge in [-0.25, -0.2) is 8.42 Å². The number of hydrogen-bond acceptors (Lipinski definition) is 5. The first-order chi connectivity index (χ1) is 14.2. The van der Waals surface area contributed by atoms with Crippen molar-refractivity contribution < 1.29 is 27.9 Å². The molecular formula is C20H25N3O6S. The van der Waals surface area contributed by atoms with Crippen LogP contribution < -0.4 is 10.6 Å². The van der Waals surface area contributed by atoms with Crippen LogP contribution >= 0.6 is 0 Å². The minimum absolute atomic E-state index is 0.0103. The summed E-state index contributed by atoms with van der Waals surface area (Å²) in [6.45, 7) is 1.83. The molecule has 0 radical (unpaired) electrons. The van der Waals surface area contributed by atoms with Crippen molar-refractivity contribution >= 4 is 27.8 Å². The molecule has 1 aliphatic heterocycles. The predicted molar refractivity (Wildman–Crippen MR) is 107 cm³/mol. The standard InChI is InChI=1S/C20H25N3O6S/c1-13-6-8-14(9-7-13)30(28,29)23-11-10-21-19(25)17(23)12-18(24)22-16-5-3-2-4-15(16)20(26)27/h6-11,15-17H,2-5,12H2,1H3,(H,21,25)(H,22,24)(H,26,27)/t15-,16-,17-/m1/s1. The number of aliphatic carboxylic acids is 1. The minimum Gasteiger partial charge on any atom is -0.481 e. The zero-order valence-electron chi connectivity index (χ0n) is 16.6. The van der Waals surface area contributed by atoms with Crippen LogP contribution in [0.15, 0.2) is 41.6 Å². The van der Waals surface area contributed by atoms with Gasteiger partial charge in [-0.15, -0.1) is 0 Å². The molecule has 30 heavy (non-hydrogen) atoms. The number of aryl methyl sites for hydroxylation is 1. The van der Waals surface area contributed by atoms with E-state index in [1.165, 1.54) is 24.5 Å². The van der Waals surface area contributed by atoms with Crippen LogP contribution in [0.25, 0.3) is 0 Å². The summed E-state index contributed by atoms with van der Waals surface area (Å²) in [7, 11) is -4.05. The Bertz CT molecular complexity index is 957. The van der Waals surface area contributed by atoms with Crippen molar-refractivity contribution in [2.24, 2.45) is 5.92 Å². The SMILES string of the molecule is Cc1ccc(S(=O)(=O)N2C=CNC(=O)[C@H]2CC(=O)N[C@@H]2CCCC[C@H]2C(=O)O)cc1. The second-order valence-corrected chi connectivity index (χ2v) is 9.44. The van der Waals surface area contributed by atoms with Gasteiger partial charge in [0.05, 0.1) is 17.2 Å². The summed E-state index contributed by atoms with van der Waals surface area (Å²) in [5, 5.41) is 14.5. The molecule has 1 aromatic carbocycles. The van der Waals surface area contributed by atoms with E-state index in [0.29, 0.717) is 12.8 Å². The molecule has 3 N–H and O–H groups in total.